The van der Waals surface area contributed by atoms with Crippen LogP contribution in [0.25, 0.3) is 0 Å². The van der Waals surface area contributed by atoms with Crippen LogP contribution in [-0.4, -0.2) is 41.1 Å². The molecule has 0 aliphatic rings. The maximum Gasteiger partial charge on any atom is 0.252 e. The van der Waals surface area contributed by atoms with Gasteiger partial charge in [0.15, 0.2) is 0 Å². The van der Waals surface area contributed by atoms with E-state index in [1.807, 2.05) is 6.08 Å². The molecule has 0 saturated heterocycles. The number of allylic oxidation sites excluding steroid dienone is 12. The average molecular weight is 534 g/mol. The third-order valence-corrected chi connectivity index (χ3v) is 5.62. The van der Waals surface area contributed by atoms with Gasteiger partial charge in [-0.15, -0.1) is 0 Å². The van der Waals surface area contributed by atoms with Crippen molar-refractivity contribution < 1.29 is 14.7 Å². The lowest BCUT2D eigenvalue weighted by Crippen LogP contribution is -2.30. The Balaban J connectivity index is 1.97. The number of nitrogens with one attached hydrogen (secondary N) is 2. The second-order valence-corrected chi connectivity index (χ2v) is 9.03. The molecule has 39 heavy (non-hydrogen) atoms. The van der Waals surface area contributed by atoms with Crippen molar-refractivity contribution in [3.8, 4) is 0 Å². The number of rotatable bonds is 21. The molecule has 3 N–H and O–H groups in total. The molecule has 1 aromatic heterocycles. The molecule has 2 amide bonds. The fourth-order valence-electron chi connectivity index (χ4n) is 3.42. The van der Waals surface area contributed by atoms with Crippen molar-refractivity contribution in [2.75, 3.05) is 13.1 Å². The molecule has 0 saturated carbocycles. The van der Waals surface area contributed by atoms with Crippen LogP contribution >= 0.6 is 0 Å². The highest BCUT2D eigenvalue weighted by Gasteiger charge is 2.08. The van der Waals surface area contributed by atoms with Gasteiger partial charge >= 0.3 is 0 Å². The Morgan fingerprint density at radius 3 is 1.82 bits per heavy atom. The zero-order valence-corrected chi connectivity index (χ0v) is 23.5. The molecule has 1 aromatic rings. The third-order valence-electron chi connectivity index (χ3n) is 5.62. The van der Waals surface area contributed by atoms with Crippen LogP contribution < -0.4 is 10.6 Å². The zero-order chi connectivity index (χ0) is 28.2. The summed E-state index contributed by atoms with van der Waals surface area (Å²) in [5, 5.41) is 15.6. The lowest BCUT2D eigenvalue weighted by Gasteiger charge is -2.12. The maximum atomic E-state index is 11.9. The Bertz CT molecular complexity index is 946. The van der Waals surface area contributed by atoms with E-state index in [1.54, 1.807) is 18.3 Å². The van der Waals surface area contributed by atoms with Gasteiger partial charge < -0.3 is 15.7 Å². The van der Waals surface area contributed by atoms with Crippen molar-refractivity contribution in [1.82, 2.24) is 15.6 Å². The first-order valence-electron chi connectivity index (χ1n) is 14.2. The Morgan fingerprint density at radius 2 is 1.31 bits per heavy atom. The molecule has 1 unspecified atom stereocenters. The summed E-state index contributed by atoms with van der Waals surface area (Å²) in [6, 6.07) is 3.39. The molecule has 212 valence electrons. The van der Waals surface area contributed by atoms with E-state index in [2.05, 4.69) is 89.4 Å². The van der Waals surface area contributed by atoms with Gasteiger partial charge in [0.1, 0.15) is 0 Å². The van der Waals surface area contributed by atoms with Crippen LogP contribution in [0.4, 0.5) is 0 Å². The van der Waals surface area contributed by atoms with Gasteiger partial charge in [-0.25, -0.2) is 0 Å². The Labute approximate surface area is 235 Å². The number of pyridine rings is 1. The fraction of sp³-hybridized carbons (Fsp3) is 0.424. The van der Waals surface area contributed by atoms with E-state index in [9.17, 15) is 14.7 Å². The Morgan fingerprint density at radius 1 is 0.795 bits per heavy atom. The van der Waals surface area contributed by atoms with Crippen LogP contribution in [0.3, 0.4) is 0 Å². The lowest BCUT2D eigenvalue weighted by atomic mass is 10.1. The van der Waals surface area contributed by atoms with Crippen LogP contribution in [0.5, 0.6) is 0 Å². The quantitative estimate of drug-likeness (QED) is 0.156. The summed E-state index contributed by atoms with van der Waals surface area (Å²) < 4.78 is 0. The van der Waals surface area contributed by atoms with Crippen LogP contribution in [0.1, 0.15) is 81.5 Å². The van der Waals surface area contributed by atoms with E-state index in [4.69, 9.17) is 0 Å². The fourth-order valence-corrected chi connectivity index (χ4v) is 3.42. The van der Waals surface area contributed by atoms with Crippen molar-refractivity contribution in [1.29, 1.82) is 0 Å². The molecule has 0 aliphatic heterocycles. The summed E-state index contributed by atoms with van der Waals surface area (Å²) >= 11 is 0. The number of aliphatic hydroxyl groups excluding tert-OH is 1. The van der Waals surface area contributed by atoms with E-state index in [-0.39, 0.29) is 11.8 Å². The summed E-state index contributed by atoms with van der Waals surface area (Å²) in [6.07, 6.45) is 36.3. The topological polar surface area (TPSA) is 91.3 Å². The molecule has 1 rings (SSSR count). The van der Waals surface area contributed by atoms with Crippen LogP contribution in [-0.2, 0) is 4.79 Å². The summed E-state index contributed by atoms with van der Waals surface area (Å²) in [4.78, 5) is 27.8. The minimum absolute atomic E-state index is 0.0217. The van der Waals surface area contributed by atoms with Gasteiger partial charge in [0.25, 0.3) is 5.91 Å². The minimum atomic E-state index is -0.581. The maximum absolute atomic E-state index is 11.9. The normalized spacial score (nSPS) is 13.1. The van der Waals surface area contributed by atoms with Crippen LogP contribution in [0, 0.1) is 0 Å². The van der Waals surface area contributed by atoms with Gasteiger partial charge in [0.05, 0.1) is 11.7 Å². The van der Waals surface area contributed by atoms with E-state index in [0.717, 1.165) is 38.5 Å². The summed E-state index contributed by atoms with van der Waals surface area (Å²) in [5.41, 5.74) is 0.492. The van der Waals surface area contributed by atoms with E-state index in [0.29, 0.717) is 44.3 Å². The molecule has 1 heterocycles. The van der Waals surface area contributed by atoms with Crippen molar-refractivity contribution in [3.05, 3.63) is 103 Å². The molecule has 6 heteroatoms. The number of nitrogens with zero attached hydrogens (tertiary/aromatic N) is 1. The Hall–Kier alpha value is -3.51. The van der Waals surface area contributed by atoms with Gasteiger partial charge in [-0.2, -0.15) is 0 Å². The summed E-state index contributed by atoms with van der Waals surface area (Å²) in [7, 11) is 0. The van der Waals surface area contributed by atoms with Crippen molar-refractivity contribution in [2.45, 2.75) is 77.2 Å². The first-order valence-corrected chi connectivity index (χ1v) is 14.2. The highest BCUT2D eigenvalue weighted by Crippen LogP contribution is 2.00. The van der Waals surface area contributed by atoms with Crippen molar-refractivity contribution in [2.24, 2.45) is 0 Å². The average Bonchev–Trinajstić information content (AvgIpc) is 2.94. The largest absolute Gasteiger partial charge is 0.393 e. The first kappa shape index (κ1) is 33.5. The second-order valence-electron chi connectivity index (χ2n) is 9.03. The molecule has 0 fully saturated rings. The van der Waals surface area contributed by atoms with Crippen molar-refractivity contribution in [3.63, 3.8) is 0 Å². The second kappa shape index (κ2) is 24.8. The molecule has 1 atom stereocenters. The van der Waals surface area contributed by atoms with Gasteiger partial charge in [0.2, 0.25) is 5.91 Å². The van der Waals surface area contributed by atoms with E-state index in [1.165, 1.54) is 6.20 Å². The van der Waals surface area contributed by atoms with E-state index < -0.39 is 6.10 Å². The first-order chi connectivity index (χ1) is 19.1. The summed E-state index contributed by atoms with van der Waals surface area (Å²) in [5.74, 6) is -0.232. The zero-order valence-electron chi connectivity index (χ0n) is 23.5. The highest BCUT2D eigenvalue weighted by atomic mass is 16.3. The van der Waals surface area contributed by atoms with Crippen LogP contribution in [0.15, 0.2) is 97.4 Å². The Kier molecular flexibility index (Phi) is 21.3. The SMILES string of the molecule is CC/C=C\C/C=C\C/C=C\C/C=C\C/C=C\C/C=C\CCC(=O)NCCC(O)CCNC(=O)c1cccnc1. The molecular formula is C33H47N3O3. The highest BCUT2D eigenvalue weighted by molar-refractivity contribution is 5.93. The van der Waals surface area contributed by atoms with Crippen LogP contribution in [0.2, 0.25) is 0 Å². The molecular weight excluding hydrogens is 486 g/mol. The standard InChI is InChI=1S/C33H47N3O3/c1-2-3-4-5-6-7-8-9-10-11-12-13-14-15-16-17-18-19-20-23-32(38)35-27-24-31(37)25-28-36-33(39)30-22-21-26-34-29-30/h3-4,6-7,9-10,12-13,15-16,18-19,21-22,26,29,31,37H,2,5,8,11,14,17,20,23-25,27-28H2,1H3,(H,35,38)(H,36,39)/b4-3-,7-6-,10-9-,13-12-,16-15-,19-18-. The molecule has 0 bridgehead atoms. The van der Waals surface area contributed by atoms with Crippen molar-refractivity contribution >= 4 is 11.8 Å². The number of carbonyl (C=O) groups excluding carboxylic acids is 2. The third kappa shape index (κ3) is 21.1. The lowest BCUT2D eigenvalue weighted by molar-refractivity contribution is -0.121. The van der Waals surface area contributed by atoms with Gasteiger partial charge in [-0.3, -0.25) is 14.6 Å². The smallest absolute Gasteiger partial charge is 0.252 e. The minimum Gasteiger partial charge on any atom is -0.393 e. The number of amides is 2. The van der Waals surface area contributed by atoms with Gasteiger partial charge in [-0.1, -0.05) is 79.8 Å². The molecule has 0 aromatic carbocycles. The summed E-state index contributed by atoms with van der Waals surface area (Å²) in [6.45, 7) is 2.93. The van der Waals surface area contributed by atoms with E-state index >= 15 is 0 Å². The molecule has 0 radical (unpaired) electrons. The number of carbonyl (C=O) groups is 2. The monoisotopic (exact) mass is 533 g/mol. The molecule has 0 spiro atoms. The number of hydrogen-bond donors (Lipinski definition) is 3. The predicted octanol–water partition coefficient (Wildman–Crippen LogP) is 6.55. The van der Waals surface area contributed by atoms with Gasteiger partial charge in [0, 0.05) is 31.9 Å². The van der Waals surface area contributed by atoms with Gasteiger partial charge in [-0.05, 0) is 69.9 Å². The molecule has 6 nitrogen and oxygen atoms in total. The number of aliphatic hydroxyl groups is 1. The number of aromatic nitrogens is 1. The predicted molar refractivity (Wildman–Crippen MR) is 162 cm³/mol. The molecule has 0 aliphatic carbocycles. The number of hydrogen-bond acceptors (Lipinski definition) is 4.